The van der Waals surface area contributed by atoms with Crippen LogP contribution in [-0.4, -0.2) is 42.0 Å². The van der Waals surface area contributed by atoms with Crippen LogP contribution in [0.1, 0.15) is 6.92 Å². The molecular formula is C8H9N3O3S. The maximum atomic E-state index is 10.0. The Bertz CT molecular complexity index is 328. The Balaban J connectivity index is 4.10. The van der Waals surface area contributed by atoms with Crippen LogP contribution in [0, 0.1) is 0 Å². The summed E-state index contributed by atoms with van der Waals surface area (Å²) >= 11 is 1.26. The Morgan fingerprint density at radius 1 is 1.13 bits per heavy atom. The first kappa shape index (κ1) is 13.5. The summed E-state index contributed by atoms with van der Waals surface area (Å²) < 4.78 is 0. The second kappa shape index (κ2) is 9.06. The molecule has 6 nitrogen and oxygen atoms in total. The summed E-state index contributed by atoms with van der Waals surface area (Å²) in [4.78, 5) is 40.0. The van der Waals surface area contributed by atoms with Crippen LogP contribution in [0.25, 0.3) is 0 Å². The zero-order valence-corrected chi connectivity index (χ0v) is 8.86. The molecule has 0 saturated heterocycles. The van der Waals surface area contributed by atoms with E-state index in [1.165, 1.54) is 30.0 Å². The summed E-state index contributed by atoms with van der Waals surface area (Å²) in [7, 11) is 0. The minimum atomic E-state index is -0.478. The minimum Gasteiger partial charge on any atom is -0.211 e. The molecule has 0 saturated carbocycles. The Morgan fingerprint density at radius 2 is 1.80 bits per heavy atom. The first-order valence-corrected chi connectivity index (χ1v) is 5.08. The lowest BCUT2D eigenvalue weighted by atomic mass is 10.4. The average molecular weight is 227 g/mol. The second-order valence-electron chi connectivity index (χ2n) is 2.51. The van der Waals surface area contributed by atoms with E-state index in [2.05, 4.69) is 15.0 Å². The van der Waals surface area contributed by atoms with E-state index >= 15 is 0 Å². The van der Waals surface area contributed by atoms with Crippen LogP contribution in [0.3, 0.4) is 0 Å². The molecule has 2 atom stereocenters. The summed E-state index contributed by atoms with van der Waals surface area (Å²) in [5.74, 6) is 0.486. The molecule has 0 radical (unpaired) electrons. The molecule has 0 spiro atoms. The highest BCUT2D eigenvalue weighted by molar-refractivity contribution is 7.99. The number of hydrogen-bond donors (Lipinski definition) is 0. The highest BCUT2D eigenvalue weighted by atomic mass is 32.2. The molecule has 0 aliphatic rings. The summed E-state index contributed by atoms with van der Waals surface area (Å²) in [6.07, 6.45) is 4.18. The molecule has 0 amide bonds. The molecule has 0 fully saturated rings. The SMILES string of the molecule is CC(CSC(CN=C=O)N=C=O)N=C=O. The van der Waals surface area contributed by atoms with E-state index in [-0.39, 0.29) is 12.6 Å². The summed E-state index contributed by atoms with van der Waals surface area (Å²) in [5.41, 5.74) is 0. The third kappa shape index (κ3) is 7.55. The van der Waals surface area contributed by atoms with Crippen molar-refractivity contribution in [2.45, 2.75) is 18.3 Å². The van der Waals surface area contributed by atoms with Gasteiger partial charge in [0.15, 0.2) is 0 Å². The van der Waals surface area contributed by atoms with Crippen molar-refractivity contribution in [3.05, 3.63) is 0 Å². The van der Waals surface area contributed by atoms with E-state index in [4.69, 9.17) is 0 Å². The second-order valence-corrected chi connectivity index (χ2v) is 3.72. The first-order chi connectivity index (χ1) is 7.24. The van der Waals surface area contributed by atoms with Gasteiger partial charge >= 0.3 is 0 Å². The number of isocyanates is 3. The average Bonchev–Trinajstić information content (AvgIpc) is 2.22. The number of carbonyl (C=O) groups excluding carboxylic acids is 3. The summed E-state index contributed by atoms with van der Waals surface area (Å²) in [6, 6.07) is -0.211. The van der Waals surface area contributed by atoms with Crippen molar-refractivity contribution in [3.63, 3.8) is 0 Å². The van der Waals surface area contributed by atoms with Crippen LogP contribution in [-0.2, 0) is 14.4 Å². The number of hydrogen-bond acceptors (Lipinski definition) is 7. The fourth-order valence-electron chi connectivity index (χ4n) is 0.683. The maximum Gasteiger partial charge on any atom is 0.236 e. The number of rotatable bonds is 7. The quantitative estimate of drug-likeness (QED) is 0.466. The summed E-state index contributed by atoms with van der Waals surface area (Å²) in [5, 5.41) is -0.478. The van der Waals surface area contributed by atoms with Crippen molar-refractivity contribution in [3.8, 4) is 0 Å². The van der Waals surface area contributed by atoms with Crippen LogP contribution in [0.5, 0.6) is 0 Å². The Labute approximate surface area is 90.6 Å². The molecule has 0 aromatic carbocycles. The molecule has 2 unspecified atom stereocenters. The van der Waals surface area contributed by atoms with E-state index in [0.29, 0.717) is 5.75 Å². The van der Waals surface area contributed by atoms with Crippen molar-refractivity contribution >= 4 is 30.0 Å². The van der Waals surface area contributed by atoms with Gasteiger partial charge in [-0.3, -0.25) is 0 Å². The highest BCUT2D eigenvalue weighted by Crippen LogP contribution is 2.14. The molecule has 0 aliphatic heterocycles. The van der Waals surface area contributed by atoms with Gasteiger partial charge < -0.3 is 0 Å². The van der Waals surface area contributed by atoms with E-state index in [0.717, 1.165) is 0 Å². The zero-order chi connectivity index (χ0) is 11.5. The van der Waals surface area contributed by atoms with Crippen LogP contribution < -0.4 is 0 Å². The molecule has 0 aromatic heterocycles. The van der Waals surface area contributed by atoms with E-state index in [1.54, 1.807) is 6.92 Å². The van der Waals surface area contributed by atoms with Gasteiger partial charge in [-0.1, -0.05) is 0 Å². The van der Waals surface area contributed by atoms with Crippen LogP contribution >= 0.6 is 11.8 Å². The van der Waals surface area contributed by atoms with Gasteiger partial charge in [0.25, 0.3) is 0 Å². The fourth-order valence-corrected chi connectivity index (χ4v) is 1.56. The predicted molar refractivity (Wildman–Crippen MR) is 54.9 cm³/mol. The van der Waals surface area contributed by atoms with Crippen LogP contribution in [0.4, 0.5) is 0 Å². The zero-order valence-electron chi connectivity index (χ0n) is 8.04. The predicted octanol–water partition coefficient (Wildman–Crippen LogP) is 0.442. The molecule has 0 N–H and O–H groups in total. The lowest BCUT2D eigenvalue weighted by molar-refractivity contribution is 0.558. The van der Waals surface area contributed by atoms with Crippen molar-refractivity contribution < 1.29 is 14.4 Å². The number of thioether (sulfide) groups is 1. The van der Waals surface area contributed by atoms with Crippen molar-refractivity contribution in [1.82, 2.24) is 0 Å². The Hall–Kier alpha value is -1.51. The minimum absolute atomic E-state index is 0.0704. The van der Waals surface area contributed by atoms with Gasteiger partial charge in [-0.15, -0.1) is 11.8 Å². The fraction of sp³-hybridized carbons (Fsp3) is 0.625. The van der Waals surface area contributed by atoms with Gasteiger partial charge in [0.1, 0.15) is 5.37 Å². The molecule has 7 heteroatoms. The van der Waals surface area contributed by atoms with Gasteiger partial charge in [-0.2, -0.15) is 4.99 Å². The molecule has 80 valence electrons. The Kier molecular flexibility index (Phi) is 8.15. The van der Waals surface area contributed by atoms with Crippen LogP contribution in [0.15, 0.2) is 15.0 Å². The maximum absolute atomic E-state index is 10.0. The number of nitrogens with zero attached hydrogens (tertiary/aromatic N) is 3. The van der Waals surface area contributed by atoms with Crippen molar-refractivity contribution in [2.24, 2.45) is 15.0 Å². The molecule has 0 heterocycles. The summed E-state index contributed by atoms with van der Waals surface area (Å²) in [6.45, 7) is 1.80. The largest absolute Gasteiger partial charge is 0.236 e. The Morgan fingerprint density at radius 3 is 2.33 bits per heavy atom. The monoisotopic (exact) mass is 227 g/mol. The third-order valence-corrected chi connectivity index (χ3v) is 2.63. The topological polar surface area (TPSA) is 88.3 Å². The molecule has 0 bridgehead atoms. The van der Waals surface area contributed by atoms with Gasteiger partial charge in [0, 0.05) is 5.75 Å². The molecule has 0 aromatic rings. The highest BCUT2D eigenvalue weighted by Gasteiger charge is 2.09. The third-order valence-electron chi connectivity index (χ3n) is 1.31. The lowest BCUT2D eigenvalue weighted by Crippen LogP contribution is -2.09. The molecular weight excluding hydrogens is 218 g/mol. The van der Waals surface area contributed by atoms with E-state index in [9.17, 15) is 14.4 Å². The van der Waals surface area contributed by atoms with Crippen molar-refractivity contribution in [1.29, 1.82) is 0 Å². The smallest absolute Gasteiger partial charge is 0.211 e. The standard InChI is InChI=1S/C8H9N3O3S/c1-7(10-5-13)3-15-8(11-6-14)2-9-4-12/h7-8H,2-3H2,1H3. The van der Waals surface area contributed by atoms with Gasteiger partial charge in [-0.25, -0.2) is 24.4 Å². The van der Waals surface area contributed by atoms with E-state index in [1.807, 2.05) is 0 Å². The van der Waals surface area contributed by atoms with Gasteiger partial charge in [-0.05, 0) is 6.92 Å². The molecule has 15 heavy (non-hydrogen) atoms. The van der Waals surface area contributed by atoms with Gasteiger partial charge in [0.05, 0.1) is 12.6 Å². The van der Waals surface area contributed by atoms with Crippen LogP contribution in [0.2, 0.25) is 0 Å². The normalized spacial score (nSPS) is 12.6. The van der Waals surface area contributed by atoms with Gasteiger partial charge in [0.2, 0.25) is 18.2 Å². The van der Waals surface area contributed by atoms with Crippen molar-refractivity contribution in [2.75, 3.05) is 12.3 Å². The van der Waals surface area contributed by atoms with E-state index < -0.39 is 5.37 Å². The number of aliphatic imine (C=N–C) groups is 3. The lowest BCUT2D eigenvalue weighted by Gasteiger charge is -2.07. The first-order valence-electron chi connectivity index (χ1n) is 4.03. The molecule has 0 rings (SSSR count). The molecule has 0 aliphatic carbocycles.